The van der Waals surface area contributed by atoms with Crippen LogP contribution in [0.25, 0.3) is 0 Å². The first-order valence-corrected chi connectivity index (χ1v) is 3.97. The van der Waals surface area contributed by atoms with Gasteiger partial charge in [0.25, 0.3) is 0 Å². The molecule has 1 heterocycles. The number of piperazine rings is 1. The summed E-state index contributed by atoms with van der Waals surface area (Å²) in [7, 11) is 0. The summed E-state index contributed by atoms with van der Waals surface area (Å²) < 4.78 is 0. The number of amides is 1. The molecule has 1 N–H and O–H groups in total. The second kappa shape index (κ2) is 4.13. The average molecular weight is 154 g/mol. The molecule has 0 aromatic rings. The number of rotatable bonds is 1. The van der Waals surface area contributed by atoms with Gasteiger partial charge in [0, 0.05) is 26.2 Å². The maximum Gasteiger partial charge on any atom is 0.246 e. The third kappa shape index (κ3) is 2.35. The highest BCUT2D eigenvalue weighted by Crippen LogP contribution is 1.93. The van der Waals surface area contributed by atoms with E-state index in [2.05, 4.69) is 5.32 Å². The molecule has 0 aromatic carbocycles. The van der Waals surface area contributed by atoms with Crippen molar-refractivity contribution in [1.29, 1.82) is 0 Å². The van der Waals surface area contributed by atoms with Gasteiger partial charge in [-0.1, -0.05) is 6.08 Å². The summed E-state index contributed by atoms with van der Waals surface area (Å²) in [4.78, 5) is 13.1. The van der Waals surface area contributed by atoms with Gasteiger partial charge in [-0.2, -0.15) is 0 Å². The number of nitrogens with one attached hydrogen (secondary N) is 1. The van der Waals surface area contributed by atoms with Crippen molar-refractivity contribution < 1.29 is 4.79 Å². The number of carbonyl (C=O) groups excluding carboxylic acids is 1. The second-order valence-corrected chi connectivity index (χ2v) is 2.58. The van der Waals surface area contributed by atoms with E-state index in [1.165, 1.54) is 0 Å². The normalized spacial score (nSPS) is 19.2. The zero-order valence-electron chi connectivity index (χ0n) is 6.84. The number of carbonyl (C=O) groups is 1. The molecule has 1 fully saturated rings. The first kappa shape index (κ1) is 8.27. The van der Waals surface area contributed by atoms with E-state index >= 15 is 0 Å². The van der Waals surface area contributed by atoms with Crippen LogP contribution in [0.5, 0.6) is 0 Å². The summed E-state index contributed by atoms with van der Waals surface area (Å²) in [6, 6.07) is 0. The van der Waals surface area contributed by atoms with E-state index in [1.54, 1.807) is 12.2 Å². The van der Waals surface area contributed by atoms with Gasteiger partial charge in [0.05, 0.1) is 0 Å². The van der Waals surface area contributed by atoms with Crippen LogP contribution < -0.4 is 5.32 Å². The Labute approximate surface area is 67.1 Å². The molecule has 3 nitrogen and oxygen atoms in total. The van der Waals surface area contributed by atoms with Gasteiger partial charge in [-0.3, -0.25) is 4.79 Å². The molecule has 3 heteroatoms. The number of nitrogens with zero attached hydrogens (tertiary/aromatic N) is 1. The molecule has 1 saturated heterocycles. The minimum Gasteiger partial charge on any atom is -0.337 e. The maximum atomic E-state index is 11.2. The number of hydrogen-bond donors (Lipinski definition) is 1. The van der Waals surface area contributed by atoms with Crippen LogP contribution in [0.15, 0.2) is 12.2 Å². The molecule has 0 unspecified atom stereocenters. The molecule has 1 amide bonds. The van der Waals surface area contributed by atoms with Crippen molar-refractivity contribution in [2.45, 2.75) is 6.92 Å². The van der Waals surface area contributed by atoms with Crippen LogP contribution in [0.4, 0.5) is 0 Å². The van der Waals surface area contributed by atoms with Crippen molar-refractivity contribution in [1.82, 2.24) is 10.2 Å². The molecule has 1 aliphatic heterocycles. The van der Waals surface area contributed by atoms with Gasteiger partial charge in [-0.15, -0.1) is 0 Å². The summed E-state index contributed by atoms with van der Waals surface area (Å²) >= 11 is 0. The van der Waals surface area contributed by atoms with Crippen molar-refractivity contribution in [3.8, 4) is 0 Å². The predicted octanol–water partition coefficient (Wildman–Crippen LogP) is -0.00570. The Kier molecular flexibility index (Phi) is 3.11. The predicted molar refractivity (Wildman–Crippen MR) is 44.3 cm³/mol. The maximum absolute atomic E-state index is 11.2. The Balaban J connectivity index is 2.38. The third-order valence-corrected chi connectivity index (χ3v) is 1.74. The smallest absolute Gasteiger partial charge is 0.246 e. The zero-order valence-corrected chi connectivity index (χ0v) is 6.84. The van der Waals surface area contributed by atoms with Crippen LogP contribution in [-0.2, 0) is 4.79 Å². The van der Waals surface area contributed by atoms with Crippen LogP contribution in [0.1, 0.15) is 6.92 Å². The first-order chi connectivity index (χ1) is 5.34. The minimum atomic E-state index is 0.133. The molecule has 11 heavy (non-hydrogen) atoms. The van der Waals surface area contributed by atoms with Gasteiger partial charge >= 0.3 is 0 Å². The molecular weight excluding hydrogens is 140 g/mol. The van der Waals surface area contributed by atoms with Crippen LogP contribution in [-0.4, -0.2) is 37.0 Å². The van der Waals surface area contributed by atoms with Gasteiger partial charge in [0.2, 0.25) is 5.91 Å². The van der Waals surface area contributed by atoms with E-state index in [1.807, 2.05) is 11.8 Å². The molecule has 62 valence electrons. The standard InChI is InChI=1S/C8H14N2O/c1-2-3-8(11)10-6-4-9-5-7-10/h2-3,9H,4-7H2,1H3. The molecule has 0 bridgehead atoms. The SMILES string of the molecule is CC=CC(=O)N1CCNCC1. The molecule has 1 aliphatic rings. The Bertz CT molecular complexity index is 159. The molecular formula is C8H14N2O. The van der Waals surface area contributed by atoms with E-state index in [9.17, 15) is 4.79 Å². The van der Waals surface area contributed by atoms with Crippen LogP contribution in [0, 0.1) is 0 Å². The van der Waals surface area contributed by atoms with Gasteiger partial charge in [-0.25, -0.2) is 0 Å². The second-order valence-electron chi connectivity index (χ2n) is 2.58. The van der Waals surface area contributed by atoms with Gasteiger partial charge < -0.3 is 10.2 Å². The molecule has 0 spiro atoms. The van der Waals surface area contributed by atoms with Crippen molar-refractivity contribution >= 4 is 5.91 Å². The van der Waals surface area contributed by atoms with E-state index in [0.29, 0.717) is 0 Å². The van der Waals surface area contributed by atoms with E-state index < -0.39 is 0 Å². The lowest BCUT2D eigenvalue weighted by atomic mass is 10.3. The Hall–Kier alpha value is -0.830. The minimum absolute atomic E-state index is 0.133. The monoisotopic (exact) mass is 154 g/mol. The molecule has 0 aliphatic carbocycles. The van der Waals surface area contributed by atoms with Gasteiger partial charge in [-0.05, 0) is 13.0 Å². The third-order valence-electron chi connectivity index (χ3n) is 1.74. The zero-order chi connectivity index (χ0) is 8.10. The summed E-state index contributed by atoms with van der Waals surface area (Å²) in [5.41, 5.74) is 0. The number of hydrogen-bond acceptors (Lipinski definition) is 2. The summed E-state index contributed by atoms with van der Waals surface area (Å²) in [5, 5.41) is 3.19. The van der Waals surface area contributed by atoms with Crippen LogP contribution in [0.2, 0.25) is 0 Å². The van der Waals surface area contributed by atoms with E-state index in [4.69, 9.17) is 0 Å². The molecule has 0 saturated carbocycles. The average Bonchev–Trinajstić information content (AvgIpc) is 2.07. The lowest BCUT2D eigenvalue weighted by Crippen LogP contribution is -2.45. The molecule has 0 aromatic heterocycles. The lowest BCUT2D eigenvalue weighted by molar-refractivity contribution is -0.126. The van der Waals surface area contributed by atoms with Crippen molar-refractivity contribution in [3.63, 3.8) is 0 Å². The highest BCUT2D eigenvalue weighted by atomic mass is 16.2. The quantitative estimate of drug-likeness (QED) is 0.539. The largest absolute Gasteiger partial charge is 0.337 e. The Morgan fingerprint density at radius 2 is 2.09 bits per heavy atom. The highest BCUT2D eigenvalue weighted by Gasteiger charge is 2.12. The fourth-order valence-corrected chi connectivity index (χ4v) is 1.13. The van der Waals surface area contributed by atoms with E-state index in [-0.39, 0.29) is 5.91 Å². The molecule has 1 rings (SSSR count). The topological polar surface area (TPSA) is 32.3 Å². The van der Waals surface area contributed by atoms with Crippen LogP contribution >= 0.6 is 0 Å². The van der Waals surface area contributed by atoms with Gasteiger partial charge in [0.1, 0.15) is 0 Å². The van der Waals surface area contributed by atoms with Crippen molar-refractivity contribution in [3.05, 3.63) is 12.2 Å². The fourth-order valence-electron chi connectivity index (χ4n) is 1.13. The lowest BCUT2D eigenvalue weighted by Gasteiger charge is -2.26. The first-order valence-electron chi connectivity index (χ1n) is 3.97. The Morgan fingerprint density at radius 3 is 2.64 bits per heavy atom. The Morgan fingerprint density at radius 1 is 1.45 bits per heavy atom. The van der Waals surface area contributed by atoms with Crippen molar-refractivity contribution in [2.24, 2.45) is 0 Å². The fraction of sp³-hybridized carbons (Fsp3) is 0.625. The molecule has 0 atom stereocenters. The summed E-state index contributed by atoms with van der Waals surface area (Å²) in [6.07, 6.45) is 3.40. The summed E-state index contributed by atoms with van der Waals surface area (Å²) in [5.74, 6) is 0.133. The van der Waals surface area contributed by atoms with Crippen LogP contribution in [0.3, 0.4) is 0 Å². The highest BCUT2D eigenvalue weighted by molar-refractivity contribution is 5.87. The molecule has 0 radical (unpaired) electrons. The van der Waals surface area contributed by atoms with Crippen molar-refractivity contribution in [2.75, 3.05) is 26.2 Å². The number of allylic oxidation sites excluding steroid dienone is 1. The van der Waals surface area contributed by atoms with E-state index in [0.717, 1.165) is 26.2 Å². The van der Waals surface area contributed by atoms with Gasteiger partial charge in [0.15, 0.2) is 0 Å². The summed E-state index contributed by atoms with van der Waals surface area (Å²) in [6.45, 7) is 5.37.